The first-order chi connectivity index (χ1) is 9.15. The highest BCUT2D eigenvalue weighted by Gasteiger charge is 2.11. The Labute approximate surface area is 113 Å². The molecule has 0 fully saturated rings. The third-order valence-electron chi connectivity index (χ3n) is 2.89. The first-order valence-corrected chi connectivity index (χ1v) is 6.06. The molecule has 0 aliphatic carbocycles. The van der Waals surface area contributed by atoms with E-state index in [9.17, 15) is 0 Å². The Hall–Kier alpha value is -2.30. The van der Waals surface area contributed by atoms with Gasteiger partial charge < -0.3 is 15.4 Å². The molecule has 2 aromatic rings. The lowest BCUT2D eigenvalue weighted by Gasteiger charge is -2.14. The van der Waals surface area contributed by atoms with Crippen molar-refractivity contribution in [2.24, 2.45) is 0 Å². The Morgan fingerprint density at radius 2 is 1.84 bits per heavy atom. The van der Waals surface area contributed by atoms with Crippen molar-refractivity contribution < 1.29 is 4.74 Å². The number of benzene rings is 1. The second kappa shape index (κ2) is 5.56. The van der Waals surface area contributed by atoms with E-state index in [4.69, 9.17) is 4.74 Å². The minimum absolute atomic E-state index is 0.603. The van der Waals surface area contributed by atoms with E-state index in [0.29, 0.717) is 17.4 Å². The predicted octanol–water partition coefficient (Wildman–Crippen LogP) is 2.89. The van der Waals surface area contributed by atoms with Crippen LogP contribution in [-0.4, -0.2) is 24.1 Å². The number of nitrogens with one attached hydrogen (secondary N) is 2. The zero-order valence-corrected chi connectivity index (χ0v) is 11.6. The summed E-state index contributed by atoms with van der Waals surface area (Å²) >= 11 is 0. The predicted molar refractivity (Wildman–Crippen MR) is 77.3 cm³/mol. The van der Waals surface area contributed by atoms with E-state index in [1.807, 2.05) is 0 Å². The SMILES string of the molecule is CNc1ncnc(Nc2cc(C)ccc2C)c1OC. The molecular formula is C14H18N4O. The van der Waals surface area contributed by atoms with E-state index < -0.39 is 0 Å². The minimum atomic E-state index is 0.603. The number of aromatic nitrogens is 2. The van der Waals surface area contributed by atoms with Crippen molar-refractivity contribution in [1.29, 1.82) is 0 Å². The van der Waals surface area contributed by atoms with Crippen LogP contribution in [0.4, 0.5) is 17.3 Å². The normalized spacial score (nSPS) is 10.1. The summed E-state index contributed by atoms with van der Waals surface area (Å²) in [5, 5.41) is 6.27. The number of anilines is 3. The van der Waals surface area contributed by atoms with Gasteiger partial charge in [-0.1, -0.05) is 12.1 Å². The highest BCUT2D eigenvalue weighted by molar-refractivity contribution is 5.70. The second-order valence-electron chi connectivity index (χ2n) is 4.30. The molecule has 0 bridgehead atoms. The quantitative estimate of drug-likeness (QED) is 0.883. The van der Waals surface area contributed by atoms with E-state index >= 15 is 0 Å². The summed E-state index contributed by atoms with van der Waals surface area (Å²) in [5.41, 5.74) is 3.35. The second-order valence-corrected chi connectivity index (χ2v) is 4.30. The van der Waals surface area contributed by atoms with Crippen LogP contribution in [0.5, 0.6) is 5.75 Å². The number of nitrogens with zero attached hydrogens (tertiary/aromatic N) is 2. The lowest BCUT2D eigenvalue weighted by Crippen LogP contribution is -2.04. The molecule has 2 rings (SSSR count). The van der Waals surface area contributed by atoms with Gasteiger partial charge in [-0.05, 0) is 31.0 Å². The van der Waals surface area contributed by atoms with Gasteiger partial charge in [0, 0.05) is 12.7 Å². The van der Waals surface area contributed by atoms with E-state index in [1.54, 1.807) is 14.2 Å². The number of rotatable bonds is 4. The Bertz CT molecular complexity index is 584. The number of ether oxygens (including phenoxy) is 1. The molecule has 0 spiro atoms. The topological polar surface area (TPSA) is 59.1 Å². The molecule has 19 heavy (non-hydrogen) atoms. The van der Waals surface area contributed by atoms with Gasteiger partial charge in [-0.2, -0.15) is 0 Å². The molecule has 1 heterocycles. The molecule has 0 amide bonds. The van der Waals surface area contributed by atoms with Crippen molar-refractivity contribution in [3.8, 4) is 5.75 Å². The fourth-order valence-electron chi connectivity index (χ4n) is 1.83. The summed E-state index contributed by atoms with van der Waals surface area (Å²) in [4.78, 5) is 8.36. The Balaban J connectivity index is 2.40. The van der Waals surface area contributed by atoms with Crippen LogP contribution in [-0.2, 0) is 0 Å². The van der Waals surface area contributed by atoms with Gasteiger partial charge in [0.2, 0.25) is 5.75 Å². The third kappa shape index (κ3) is 2.76. The molecule has 1 aromatic carbocycles. The average molecular weight is 258 g/mol. The maximum Gasteiger partial charge on any atom is 0.204 e. The summed E-state index contributed by atoms with van der Waals surface area (Å²) < 4.78 is 5.36. The Morgan fingerprint density at radius 1 is 1.11 bits per heavy atom. The van der Waals surface area contributed by atoms with Gasteiger partial charge in [0.15, 0.2) is 11.6 Å². The zero-order valence-electron chi connectivity index (χ0n) is 11.6. The third-order valence-corrected chi connectivity index (χ3v) is 2.89. The fourth-order valence-corrected chi connectivity index (χ4v) is 1.83. The molecule has 0 unspecified atom stereocenters. The first-order valence-electron chi connectivity index (χ1n) is 6.06. The minimum Gasteiger partial charge on any atom is -0.490 e. The smallest absolute Gasteiger partial charge is 0.204 e. The highest BCUT2D eigenvalue weighted by Crippen LogP contribution is 2.31. The fraction of sp³-hybridized carbons (Fsp3) is 0.286. The van der Waals surface area contributed by atoms with E-state index in [1.165, 1.54) is 11.9 Å². The number of methoxy groups -OCH3 is 1. The van der Waals surface area contributed by atoms with Gasteiger partial charge in [-0.25, -0.2) is 9.97 Å². The van der Waals surface area contributed by atoms with Crippen molar-refractivity contribution in [2.45, 2.75) is 13.8 Å². The van der Waals surface area contributed by atoms with Crippen LogP contribution in [0, 0.1) is 13.8 Å². The molecule has 0 aliphatic heterocycles. The molecule has 5 nitrogen and oxygen atoms in total. The number of aryl methyl sites for hydroxylation is 2. The van der Waals surface area contributed by atoms with Crippen molar-refractivity contribution in [2.75, 3.05) is 24.8 Å². The molecule has 5 heteroatoms. The number of hydrogen-bond acceptors (Lipinski definition) is 5. The molecule has 0 saturated carbocycles. The molecule has 0 atom stereocenters. The lowest BCUT2D eigenvalue weighted by molar-refractivity contribution is 0.415. The standard InChI is InChI=1S/C14H18N4O/c1-9-5-6-10(2)11(7-9)18-14-12(19-4)13(15-3)16-8-17-14/h5-8H,1-4H3,(H2,15,16,17,18). The molecular weight excluding hydrogens is 240 g/mol. The number of hydrogen-bond donors (Lipinski definition) is 2. The van der Waals surface area contributed by atoms with Crippen molar-refractivity contribution in [3.05, 3.63) is 35.7 Å². The lowest BCUT2D eigenvalue weighted by atomic mass is 10.1. The first kappa shape index (κ1) is 13.1. The van der Waals surface area contributed by atoms with E-state index in [2.05, 4.69) is 52.6 Å². The summed E-state index contributed by atoms with van der Waals surface area (Å²) in [7, 11) is 3.40. The van der Waals surface area contributed by atoms with Crippen LogP contribution in [0.2, 0.25) is 0 Å². The van der Waals surface area contributed by atoms with Crippen LogP contribution < -0.4 is 15.4 Å². The summed E-state index contributed by atoms with van der Waals surface area (Å²) in [6.07, 6.45) is 1.50. The zero-order chi connectivity index (χ0) is 13.8. The Morgan fingerprint density at radius 3 is 2.53 bits per heavy atom. The maximum absolute atomic E-state index is 5.36. The van der Waals surface area contributed by atoms with Gasteiger partial charge >= 0.3 is 0 Å². The summed E-state index contributed by atoms with van der Waals surface area (Å²) in [5.74, 6) is 1.91. The van der Waals surface area contributed by atoms with Gasteiger partial charge in [-0.3, -0.25) is 0 Å². The van der Waals surface area contributed by atoms with Crippen LogP contribution in [0.1, 0.15) is 11.1 Å². The molecule has 0 saturated heterocycles. The highest BCUT2D eigenvalue weighted by atomic mass is 16.5. The van der Waals surface area contributed by atoms with Crippen LogP contribution in [0.25, 0.3) is 0 Å². The largest absolute Gasteiger partial charge is 0.490 e. The van der Waals surface area contributed by atoms with Crippen molar-refractivity contribution in [3.63, 3.8) is 0 Å². The Kier molecular flexibility index (Phi) is 3.85. The summed E-state index contributed by atoms with van der Waals surface area (Å²) in [6.45, 7) is 4.11. The van der Waals surface area contributed by atoms with Gasteiger partial charge in [0.05, 0.1) is 7.11 Å². The average Bonchev–Trinajstić information content (AvgIpc) is 2.42. The molecule has 0 radical (unpaired) electrons. The molecule has 100 valence electrons. The van der Waals surface area contributed by atoms with E-state index in [-0.39, 0.29) is 0 Å². The van der Waals surface area contributed by atoms with Crippen molar-refractivity contribution in [1.82, 2.24) is 9.97 Å². The molecule has 0 aliphatic rings. The van der Waals surface area contributed by atoms with Gasteiger partial charge in [0.25, 0.3) is 0 Å². The summed E-state index contributed by atoms with van der Waals surface area (Å²) in [6, 6.07) is 6.23. The maximum atomic E-state index is 5.36. The van der Waals surface area contributed by atoms with E-state index in [0.717, 1.165) is 11.3 Å². The van der Waals surface area contributed by atoms with Crippen LogP contribution in [0.15, 0.2) is 24.5 Å². The molecule has 1 aromatic heterocycles. The van der Waals surface area contributed by atoms with Crippen LogP contribution in [0.3, 0.4) is 0 Å². The van der Waals surface area contributed by atoms with Gasteiger partial charge in [-0.15, -0.1) is 0 Å². The van der Waals surface area contributed by atoms with Crippen molar-refractivity contribution >= 4 is 17.3 Å². The monoisotopic (exact) mass is 258 g/mol. The molecule has 2 N–H and O–H groups in total. The van der Waals surface area contributed by atoms with Crippen LogP contribution >= 0.6 is 0 Å². The van der Waals surface area contributed by atoms with Gasteiger partial charge in [0.1, 0.15) is 6.33 Å².